The highest BCUT2D eigenvalue weighted by Gasteiger charge is 2.29. The first-order chi connectivity index (χ1) is 10.3. The Balaban J connectivity index is 1.92. The van der Waals surface area contributed by atoms with Gasteiger partial charge in [0.1, 0.15) is 11.6 Å². The molecule has 1 saturated heterocycles. The predicted molar refractivity (Wildman–Crippen MR) is 79.5 cm³/mol. The van der Waals surface area contributed by atoms with Crippen molar-refractivity contribution in [3.8, 4) is 0 Å². The van der Waals surface area contributed by atoms with E-state index in [4.69, 9.17) is 5.73 Å². The number of rotatable bonds is 5. The number of aryl methyl sites for hydroxylation is 1. The highest BCUT2D eigenvalue weighted by atomic mass is 19.1. The van der Waals surface area contributed by atoms with E-state index in [1.54, 1.807) is 12.3 Å². The molecule has 1 aliphatic rings. The van der Waals surface area contributed by atoms with Crippen LogP contribution in [0.15, 0.2) is 24.5 Å². The van der Waals surface area contributed by atoms with Crippen LogP contribution in [0.5, 0.6) is 0 Å². The molecule has 0 bridgehead atoms. The molecule has 1 fully saturated rings. The van der Waals surface area contributed by atoms with E-state index >= 15 is 0 Å². The number of hydrogen-bond acceptors (Lipinski definition) is 4. The minimum atomic E-state index is -0.280. The van der Waals surface area contributed by atoms with Gasteiger partial charge in [-0.05, 0) is 43.9 Å². The summed E-state index contributed by atoms with van der Waals surface area (Å²) in [4.78, 5) is 6.54. The molecule has 3 heterocycles. The molecule has 5 nitrogen and oxygen atoms in total. The van der Waals surface area contributed by atoms with E-state index in [1.165, 1.54) is 6.20 Å². The van der Waals surface area contributed by atoms with Crippen LogP contribution in [0.2, 0.25) is 0 Å². The normalized spacial score (nSPS) is 18.4. The van der Waals surface area contributed by atoms with Crippen molar-refractivity contribution in [3.63, 3.8) is 0 Å². The number of H-pyrrole nitrogens is 1. The fourth-order valence-corrected chi connectivity index (χ4v) is 3.04. The minimum absolute atomic E-state index is 0.154. The predicted octanol–water partition coefficient (Wildman–Crippen LogP) is 2.18. The zero-order chi connectivity index (χ0) is 14.7. The molecule has 0 aromatic carbocycles. The van der Waals surface area contributed by atoms with Crippen LogP contribution in [0.1, 0.15) is 36.6 Å². The summed E-state index contributed by atoms with van der Waals surface area (Å²) < 4.78 is 13.7. The van der Waals surface area contributed by atoms with Gasteiger partial charge >= 0.3 is 0 Å². The Kier molecular flexibility index (Phi) is 4.15. The third-order valence-electron chi connectivity index (χ3n) is 4.00. The van der Waals surface area contributed by atoms with E-state index < -0.39 is 0 Å². The Morgan fingerprint density at radius 1 is 1.48 bits per heavy atom. The van der Waals surface area contributed by atoms with Crippen LogP contribution in [0.25, 0.3) is 0 Å². The highest BCUT2D eigenvalue weighted by molar-refractivity contribution is 5.44. The van der Waals surface area contributed by atoms with Crippen LogP contribution in [-0.2, 0) is 6.42 Å². The molecule has 3 N–H and O–H groups in total. The standard InChI is InChI=1S/C15H20FN5/c16-11-9-12(13(18-10-11)3-1-6-17)14-4-2-8-21(14)15-5-7-19-20-15/h5,7,9-10,14H,1-4,6,8,17H2,(H,19,20). The molecule has 1 aliphatic heterocycles. The number of hydrogen-bond donors (Lipinski definition) is 2. The Hall–Kier alpha value is -1.95. The van der Waals surface area contributed by atoms with Crippen LogP contribution >= 0.6 is 0 Å². The zero-order valence-electron chi connectivity index (χ0n) is 11.9. The van der Waals surface area contributed by atoms with Gasteiger partial charge in [-0.25, -0.2) is 4.39 Å². The molecule has 6 heteroatoms. The average molecular weight is 289 g/mol. The summed E-state index contributed by atoms with van der Waals surface area (Å²) in [5.41, 5.74) is 7.53. The van der Waals surface area contributed by atoms with Crippen LogP contribution < -0.4 is 10.6 Å². The SMILES string of the molecule is NCCCc1ncc(F)cc1C1CCCN1c1ccn[nH]1. The maximum absolute atomic E-state index is 13.7. The second kappa shape index (κ2) is 6.22. The lowest BCUT2D eigenvalue weighted by molar-refractivity contribution is 0.602. The van der Waals surface area contributed by atoms with E-state index in [1.807, 2.05) is 6.07 Å². The number of anilines is 1. The summed E-state index contributed by atoms with van der Waals surface area (Å²) >= 11 is 0. The maximum atomic E-state index is 13.7. The third-order valence-corrected chi connectivity index (χ3v) is 4.00. The number of nitrogens with one attached hydrogen (secondary N) is 1. The summed E-state index contributed by atoms with van der Waals surface area (Å²) in [6.07, 6.45) is 6.77. The molecule has 0 saturated carbocycles. The van der Waals surface area contributed by atoms with Crippen molar-refractivity contribution in [1.29, 1.82) is 0 Å². The van der Waals surface area contributed by atoms with Gasteiger partial charge in [-0.1, -0.05) is 0 Å². The lowest BCUT2D eigenvalue weighted by atomic mass is 10.00. The maximum Gasteiger partial charge on any atom is 0.141 e. The lowest BCUT2D eigenvalue weighted by Gasteiger charge is -2.26. The van der Waals surface area contributed by atoms with Gasteiger partial charge in [0.15, 0.2) is 0 Å². The molecule has 112 valence electrons. The Labute approximate surface area is 123 Å². The Bertz CT molecular complexity index is 584. The first-order valence-corrected chi connectivity index (χ1v) is 7.40. The highest BCUT2D eigenvalue weighted by Crippen LogP contribution is 2.36. The van der Waals surface area contributed by atoms with E-state index in [-0.39, 0.29) is 11.9 Å². The lowest BCUT2D eigenvalue weighted by Crippen LogP contribution is -2.24. The number of halogens is 1. The van der Waals surface area contributed by atoms with E-state index in [9.17, 15) is 4.39 Å². The fourth-order valence-electron chi connectivity index (χ4n) is 3.04. The summed E-state index contributed by atoms with van der Waals surface area (Å²) in [6, 6.07) is 3.73. The first kappa shape index (κ1) is 14.0. The van der Waals surface area contributed by atoms with Crippen LogP contribution in [0.3, 0.4) is 0 Å². The first-order valence-electron chi connectivity index (χ1n) is 7.40. The van der Waals surface area contributed by atoms with Crippen molar-refractivity contribution in [2.45, 2.75) is 31.7 Å². The molecule has 1 unspecified atom stereocenters. The van der Waals surface area contributed by atoms with Gasteiger partial charge in [0.2, 0.25) is 0 Å². The molecule has 0 amide bonds. The van der Waals surface area contributed by atoms with Crippen molar-refractivity contribution >= 4 is 5.82 Å². The number of nitrogens with two attached hydrogens (primary N) is 1. The minimum Gasteiger partial charge on any atom is -0.350 e. The van der Waals surface area contributed by atoms with Crippen LogP contribution in [-0.4, -0.2) is 28.3 Å². The Morgan fingerprint density at radius 3 is 3.14 bits per heavy atom. The molecule has 21 heavy (non-hydrogen) atoms. The van der Waals surface area contributed by atoms with E-state index in [0.717, 1.165) is 49.3 Å². The quantitative estimate of drug-likeness (QED) is 0.885. The largest absolute Gasteiger partial charge is 0.350 e. The second-order valence-electron chi connectivity index (χ2n) is 5.37. The molecular formula is C15H20FN5. The monoisotopic (exact) mass is 289 g/mol. The van der Waals surface area contributed by atoms with Crippen molar-refractivity contribution in [2.24, 2.45) is 5.73 Å². The van der Waals surface area contributed by atoms with Crippen molar-refractivity contribution in [2.75, 3.05) is 18.0 Å². The number of pyridine rings is 1. The summed E-state index contributed by atoms with van der Waals surface area (Å²) in [5.74, 6) is 0.699. The van der Waals surface area contributed by atoms with E-state index in [0.29, 0.717) is 6.54 Å². The van der Waals surface area contributed by atoms with Gasteiger partial charge in [0, 0.05) is 18.3 Å². The smallest absolute Gasteiger partial charge is 0.141 e. The summed E-state index contributed by atoms with van der Waals surface area (Å²) in [5, 5.41) is 7.01. The van der Waals surface area contributed by atoms with Gasteiger partial charge in [-0.3, -0.25) is 10.1 Å². The molecule has 2 aromatic heterocycles. The van der Waals surface area contributed by atoms with Gasteiger partial charge in [0.05, 0.1) is 18.4 Å². The molecule has 2 aromatic rings. The number of aromatic nitrogens is 3. The molecule has 0 radical (unpaired) electrons. The summed E-state index contributed by atoms with van der Waals surface area (Å²) in [7, 11) is 0. The number of nitrogens with zero attached hydrogens (tertiary/aromatic N) is 3. The zero-order valence-corrected chi connectivity index (χ0v) is 11.9. The van der Waals surface area contributed by atoms with Gasteiger partial charge in [0.25, 0.3) is 0 Å². The molecular weight excluding hydrogens is 269 g/mol. The van der Waals surface area contributed by atoms with Gasteiger partial charge in [-0.15, -0.1) is 0 Å². The van der Waals surface area contributed by atoms with Gasteiger partial charge in [-0.2, -0.15) is 5.10 Å². The van der Waals surface area contributed by atoms with Crippen molar-refractivity contribution < 1.29 is 4.39 Å². The number of aromatic amines is 1. The van der Waals surface area contributed by atoms with Crippen molar-refractivity contribution in [3.05, 3.63) is 41.6 Å². The van der Waals surface area contributed by atoms with E-state index in [2.05, 4.69) is 20.1 Å². The third kappa shape index (κ3) is 2.90. The fraction of sp³-hybridized carbons (Fsp3) is 0.467. The average Bonchev–Trinajstić information content (AvgIpc) is 3.16. The molecule has 0 spiro atoms. The van der Waals surface area contributed by atoms with Crippen molar-refractivity contribution in [1.82, 2.24) is 15.2 Å². The van der Waals surface area contributed by atoms with Crippen LogP contribution in [0, 0.1) is 5.82 Å². The topological polar surface area (TPSA) is 70.8 Å². The van der Waals surface area contributed by atoms with Crippen LogP contribution in [0.4, 0.5) is 10.2 Å². The molecule has 3 rings (SSSR count). The van der Waals surface area contributed by atoms with Gasteiger partial charge < -0.3 is 10.6 Å². The Morgan fingerprint density at radius 2 is 2.38 bits per heavy atom. The summed E-state index contributed by atoms with van der Waals surface area (Å²) in [6.45, 7) is 1.56. The second-order valence-corrected chi connectivity index (χ2v) is 5.37. The molecule has 1 atom stereocenters. The molecule has 0 aliphatic carbocycles.